The highest BCUT2D eigenvalue weighted by atomic mass is 32.1. The van der Waals surface area contributed by atoms with Crippen molar-refractivity contribution in [2.45, 2.75) is 53.1 Å². The number of aromatic amines is 1. The number of esters is 2. The molecule has 2 aromatic heterocycles. The molecule has 2 heterocycles. The summed E-state index contributed by atoms with van der Waals surface area (Å²) in [5.41, 5.74) is 2.90. The molecule has 144 valence electrons. The third-order valence-electron chi connectivity index (χ3n) is 4.76. The Morgan fingerprint density at radius 1 is 1.22 bits per heavy atom. The second kappa shape index (κ2) is 7.68. The summed E-state index contributed by atoms with van der Waals surface area (Å²) >= 11 is 1.44. The van der Waals surface area contributed by atoms with Gasteiger partial charge in [-0.1, -0.05) is 0 Å². The Hall–Kier alpha value is -2.41. The lowest BCUT2D eigenvalue weighted by molar-refractivity contribution is 0.0321. The second-order valence-electron chi connectivity index (χ2n) is 6.67. The quantitative estimate of drug-likeness (QED) is 0.600. The summed E-state index contributed by atoms with van der Waals surface area (Å²) in [5, 5.41) is 0. The molecule has 0 aromatic carbocycles. The lowest BCUT2D eigenvalue weighted by Crippen LogP contribution is -2.25. The van der Waals surface area contributed by atoms with E-state index in [0.717, 1.165) is 19.3 Å². The lowest BCUT2D eigenvalue weighted by atomic mass is 10.1. The van der Waals surface area contributed by atoms with Crippen molar-refractivity contribution in [1.82, 2.24) is 4.98 Å². The number of Topliss-reactive ketones (excluding diaryl/α,β-unsaturated/α-hetero) is 1. The van der Waals surface area contributed by atoms with E-state index in [4.69, 9.17) is 9.47 Å². The average molecular weight is 389 g/mol. The van der Waals surface area contributed by atoms with Gasteiger partial charge in [0.25, 0.3) is 0 Å². The Morgan fingerprint density at radius 3 is 2.63 bits per heavy atom. The van der Waals surface area contributed by atoms with Crippen LogP contribution >= 0.6 is 11.3 Å². The zero-order chi connectivity index (χ0) is 19.7. The van der Waals surface area contributed by atoms with Crippen LogP contribution in [0.1, 0.15) is 72.5 Å². The maximum absolute atomic E-state index is 12.8. The first-order valence-corrected chi connectivity index (χ1v) is 9.88. The summed E-state index contributed by atoms with van der Waals surface area (Å²) in [6, 6.07) is 1.87. The number of nitrogens with one attached hydrogen (secondary N) is 1. The van der Waals surface area contributed by atoms with E-state index in [-0.39, 0.29) is 18.1 Å². The van der Waals surface area contributed by atoms with Gasteiger partial charge in [0.2, 0.25) is 5.78 Å². The molecular weight excluding hydrogens is 366 g/mol. The van der Waals surface area contributed by atoms with Crippen molar-refractivity contribution in [3.05, 3.63) is 43.9 Å². The van der Waals surface area contributed by atoms with Crippen LogP contribution in [0.2, 0.25) is 0 Å². The highest BCUT2D eigenvalue weighted by Crippen LogP contribution is 2.31. The summed E-state index contributed by atoms with van der Waals surface area (Å²) in [7, 11) is 0. The standard InChI is InChI=1S/C20H23NO5S/c1-5-25-20(24)16-10(2)17(21-11(16)3)18(22)12(4)26-19(23)15-9-13-7-6-8-14(13)27-15/h9,12,21H,5-8H2,1-4H3/t12-/m0/s1. The molecule has 0 amide bonds. The Bertz CT molecular complexity index is 886. The number of aromatic nitrogens is 1. The maximum Gasteiger partial charge on any atom is 0.349 e. The van der Waals surface area contributed by atoms with Gasteiger partial charge in [0, 0.05) is 10.6 Å². The van der Waals surface area contributed by atoms with E-state index in [0.29, 0.717) is 21.7 Å². The number of aryl methyl sites for hydroxylation is 3. The molecule has 0 spiro atoms. The van der Waals surface area contributed by atoms with Gasteiger partial charge < -0.3 is 14.5 Å². The number of thiophene rings is 1. The molecule has 0 radical (unpaired) electrons. The minimum absolute atomic E-state index is 0.255. The largest absolute Gasteiger partial charge is 0.462 e. The van der Waals surface area contributed by atoms with Crippen molar-refractivity contribution in [2.75, 3.05) is 6.61 Å². The molecule has 1 aliphatic carbocycles. The first-order chi connectivity index (χ1) is 12.8. The van der Waals surface area contributed by atoms with Crippen molar-refractivity contribution in [3.63, 3.8) is 0 Å². The van der Waals surface area contributed by atoms with E-state index in [1.54, 1.807) is 27.7 Å². The van der Waals surface area contributed by atoms with Crippen molar-refractivity contribution < 1.29 is 23.9 Å². The Kier molecular flexibility index (Phi) is 5.51. The summed E-state index contributed by atoms with van der Waals surface area (Å²) in [6.07, 6.45) is 2.16. The number of fused-ring (bicyclic) bond motifs is 1. The summed E-state index contributed by atoms with van der Waals surface area (Å²) in [6.45, 7) is 6.91. The number of H-pyrrole nitrogens is 1. The molecule has 1 atom stereocenters. The number of carbonyl (C=O) groups is 3. The van der Waals surface area contributed by atoms with Gasteiger partial charge in [-0.05, 0) is 64.2 Å². The van der Waals surface area contributed by atoms with E-state index < -0.39 is 18.0 Å². The van der Waals surface area contributed by atoms with Gasteiger partial charge in [0.05, 0.1) is 17.9 Å². The van der Waals surface area contributed by atoms with Gasteiger partial charge in [-0.25, -0.2) is 9.59 Å². The van der Waals surface area contributed by atoms with E-state index in [9.17, 15) is 14.4 Å². The zero-order valence-electron chi connectivity index (χ0n) is 15.9. The normalized spacial score (nSPS) is 13.9. The van der Waals surface area contributed by atoms with Crippen LogP contribution in [0.25, 0.3) is 0 Å². The topological polar surface area (TPSA) is 85.5 Å². The summed E-state index contributed by atoms with van der Waals surface area (Å²) in [4.78, 5) is 41.9. The number of ether oxygens (including phenoxy) is 2. The molecule has 0 saturated carbocycles. The van der Waals surface area contributed by atoms with E-state index in [1.165, 1.54) is 21.8 Å². The fourth-order valence-electron chi connectivity index (χ4n) is 3.41. The number of rotatable bonds is 6. The van der Waals surface area contributed by atoms with Crippen LogP contribution in [-0.2, 0) is 22.3 Å². The van der Waals surface area contributed by atoms with Crippen molar-refractivity contribution in [2.24, 2.45) is 0 Å². The molecule has 3 rings (SSSR count). The molecule has 2 aromatic rings. The van der Waals surface area contributed by atoms with Crippen molar-refractivity contribution in [1.29, 1.82) is 0 Å². The Balaban J connectivity index is 1.74. The first-order valence-electron chi connectivity index (χ1n) is 9.06. The van der Waals surface area contributed by atoms with Crippen LogP contribution in [0.15, 0.2) is 6.07 Å². The molecule has 0 bridgehead atoms. The van der Waals surface area contributed by atoms with Gasteiger partial charge in [0.1, 0.15) is 4.88 Å². The Morgan fingerprint density at radius 2 is 1.96 bits per heavy atom. The van der Waals surface area contributed by atoms with Gasteiger partial charge >= 0.3 is 11.9 Å². The maximum atomic E-state index is 12.8. The van der Waals surface area contributed by atoms with Crippen LogP contribution in [-0.4, -0.2) is 35.4 Å². The molecule has 1 aliphatic rings. The minimum Gasteiger partial charge on any atom is -0.462 e. The number of hydrogen-bond donors (Lipinski definition) is 1. The number of ketones is 1. The van der Waals surface area contributed by atoms with E-state index >= 15 is 0 Å². The van der Waals surface area contributed by atoms with E-state index in [2.05, 4.69) is 4.98 Å². The van der Waals surface area contributed by atoms with Crippen molar-refractivity contribution >= 4 is 29.1 Å². The SMILES string of the molecule is CCOC(=O)c1c(C)[nH]c(C(=O)[C@H](C)OC(=O)c2cc3c(s2)CCC3)c1C. The summed E-state index contributed by atoms with van der Waals surface area (Å²) in [5.74, 6) is -1.33. The predicted molar refractivity (Wildman–Crippen MR) is 102 cm³/mol. The third-order valence-corrected chi connectivity index (χ3v) is 5.98. The Labute approximate surface area is 161 Å². The lowest BCUT2D eigenvalue weighted by Gasteiger charge is -2.11. The van der Waals surface area contributed by atoms with Gasteiger partial charge in [0.15, 0.2) is 6.10 Å². The van der Waals surface area contributed by atoms with Crippen LogP contribution in [0.5, 0.6) is 0 Å². The predicted octanol–water partition coefficient (Wildman–Crippen LogP) is 3.79. The smallest absolute Gasteiger partial charge is 0.349 e. The average Bonchev–Trinajstić information content (AvgIpc) is 3.27. The fraction of sp³-hybridized carbons (Fsp3) is 0.450. The minimum atomic E-state index is -0.957. The van der Waals surface area contributed by atoms with Gasteiger partial charge in [-0.2, -0.15) is 0 Å². The zero-order valence-corrected chi connectivity index (χ0v) is 16.7. The molecular formula is C20H23NO5S. The monoisotopic (exact) mass is 389 g/mol. The highest BCUT2D eigenvalue weighted by molar-refractivity contribution is 7.14. The van der Waals surface area contributed by atoms with Crippen LogP contribution in [0.4, 0.5) is 0 Å². The molecule has 7 heteroatoms. The molecule has 0 fully saturated rings. The van der Waals surface area contributed by atoms with Gasteiger partial charge in [-0.15, -0.1) is 11.3 Å². The van der Waals surface area contributed by atoms with E-state index in [1.807, 2.05) is 6.07 Å². The number of carbonyl (C=O) groups excluding carboxylic acids is 3. The molecule has 1 N–H and O–H groups in total. The molecule has 0 unspecified atom stereocenters. The highest BCUT2D eigenvalue weighted by Gasteiger charge is 2.28. The second-order valence-corrected chi connectivity index (χ2v) is 7.81. The van der Waals surface area contributed by atoms with Crippen LogP contribution < -0.4 is 0 Å². The van der Waals surface area contributed by atoms with Crippen LogP contribution in [0, 0.1) is 13.8 Å². The summed E-state index contributed by atoms with van der Waals surface area (Å²) < 4.78 is 10.4. The molecule has 0 saturated heterocycles. The molecule has 27 heavy (non-hydrogen) atoms. The molecule has 6 nitrogen and oxygen atoms in total. The van der Waals surface area contributed by atoms with Gasteiger partial charge in [-0.3, -0.25) is 4.79 Å². The number of hydrogen-bond acceptors (Lipinski definition) is 6. The van der Waals surface area contributed by atoms with Crippen molar-refractivity contribution in [3.8, 4) is 0 Å². The molecule has 0 aliphatic heterocycles. The third kappa shape index (κ3) is 3.69. The van der Waals surface area contributed by atoms with Crippen LogP contribution in [0.3, 0.4) is 0 Å². The fourth-order valence-corrected chi connectivity index (χ4v) is 4.55. The first kappa shape index (κ1) is 19.4.